The maximum absolute atomic E-state index is 13.1. The standard InChI is InChI=1S/C85H146O17P2/c1-5-9-13-17-21-25-29-32-35-38-39-42-44-47-51-54-58-62-66-70-82(87)95-75-80(101-84(89)71-67-63-59-55-49-28-24-20-16-12-8-4)77-99-103(91,92)97-73-79(86)74-98-104(93,94)100-78-81(102-85(90)72-68-64-60-56-52-48-45-41-37-34-31-27-23-19-15-11-7-3)76-96-83(88)69-65-61-57-53-50-46-43-40-36-33-30-26-22-18-14-10-6-2/h10-11,14-15,20-27,32-37,39,42,79-81,86H,5-9,12-13,16-19,28-31,38,40-41,43-78H2,1-4H3,(H,91,92)(H,93,94)/b14-10-,15-11-,24-20-,25-21-,26-22-,27-23-,35-32-,36-33-,37-34-,42-39-. The molecule has 0 aromatic heterocycles. The second-order valence-corrected chi connectivity index (χ2v) is 29.8. The lowest BCUT2D eigenvalue weighted by Gasteiger charge is -2.21. The summed E-state index contributed by atoms with van der Waals surface area (Å²) in [5.41, 5.74) is 0. The van der Waals surface area contributed by atoms with Crippen molar-refractivity contribution in [1.29, 1.82) is 0 Å². The number of rotatable bonds is 76. The minimum atomic E-state index is -4.99. The van der Waals surface area contributed by atoms with Gasteiger partial charge in [0.25, 0.3) is 0 Å². The third kappa shape index (κ3) is 75.7. The van der Waals surface area contributed by atoms with Crippen LogP contribution in [0.2, 0.25) is 0 Å². The first kappa shape index (κ1) is 99.5. The summed E-state index contributed by atoms with van der Waals surface area (Å²) in [6.07, 6.45) is 84.6. The smallest absolute Gasteiger partial charge is 0.462 e. The van der Waals surface area contributed by atoms with Crippen molar-refractivity contribution in [2.24, 2.45) is 0 Å². The van der Waals surface area contributed by atoms with Crippen molar-refractivity contribution in [2.45, 2.75) is 354 Å². The molecule has 5 unspecified atom stereocenters. The number of carbonyl (C=O) groups is 4. The van der Waals surface area contributed by atoms with E-state index >= 15 is 0 Å². The minimum Gasteiger partial charge on any atom is -0.462 e. The highest BCUT2D eigenvalue weighted by molar-refractivity contribution is 7.47. The number of aliphatic hydroxyl groups excluding tert-OH is 1. The highest BCUT2D eigenvalue weighted by Crippen LogP contribution is 2.45. The van der Waals surface area contributed by atoms with Crippen LogP contribution in [0.3, 0.4) is 0 Å². The number of hydrogen-bond acceptors (Lipinski definition) is 15. The van der Waals surface area contributed by atoms with Crippen LogP contribution >= 0.6 is 15.6 Å². The molecule has 104 heavy (non-hydrogen) atoms. The van der Waals surface area contributed by atoms with Gasteiger partial charge >= 0.3 is 39.5 Å². The Labute approximate surface area is 632 Å². The fourth-order valence-electron chi connectivity index (χ4n) is 10.7. The second kappa shape index (κ2) is 76.6. The van der Waals surface area contributed by atoms with Crippen molar-refractivity contribution in [3.63, 3.8) is 0 Å². The third-order valence-corrected chi connectivity index (χ3v) is 18.8. The minimum absolute atomic E-state index is 0.0794. The van der Waals surface area contributed by atoms with E-state index < -0.39 is 97.5 Å². The number of unbranched alkanes of at least 4 members (excludes halogenated alkanes) is 30. The molecule has 0 aromatic carbocycles. The highest BCUT2D eigenvalue weighted by Gasteiger charge is 2.30. The van der Waals surface area contributed by atoms with Gasteiger partial charge in [-0.3, -0.25) is 37.3 Å². The Morgan fingerprint density at radius 1 is 0.279 bits per heavy atom. The SMILES string of the molecule is CC/C=C\C/C=C\C/C=C\CCCCCCCCCC(=O)OCC(COP(=O)(O)OCC(O)COP(=O)(O)OCC(COC(=O)CCCCCCCC/C=C\C/C=C\C/C=C\CCCCC)OC(=O)CCCCCCC/C=C\CCCC)OC(=O)CCCCCCCCC/C=C\C/C=C\C/C=C\CC. The molecule has 0 amide bonds. The van der Waals surface area contributed by atoms with Gasteiger partial charge in [0.2, 0.25) is 0 Å². The molecule has 598 valence electrons. The predicted molar refractivity (Wildman–Crippen MR) is 427 cm³/mol. The highest BCUT2D eigenvalue weighted by atomic mass is 31.2. The lowest BCUT2D eigenvalue weighted by molar-refractivity contribution is -0.161. The van der Waals surface area contributed by atoms with E-state index in [1.165, 1.54) is 32.1 Å². The Morgan fingerprint density at radius 2 is 0.510 bits per heavy atom. The van der Waals surface area contributed by atoms with Gasteiger partial charge in [0, 0.05) is 25.7 Å². The van der Waals surface area contributed by atoms with Crippen LogP contribution in [0.25, 0.3) is 0 Å². The zero-order valence-corrected chi connectivity index (χ0v) is 67.2. The number of phosphoric acid groups is 2. The van der Waals surface area contributed by atoms with Crippen molar-refractivity contribution in [3.05, 3.63) is 122 Å². The molecule has 0 bridgehead atoms. The number of allylic oxidation sites excluding steroid dienone is 20. The molecular formula is C85H146O17P2. The van der Waals surface area contributed by atoms with Gasteiger partial charge in [0.1, 0.15) is 19.3 Å². The zero-order chi connectivity index (χ0) is 76.0. The van der Waals surface area contributed by atoms with E-state index in [9.17, 15) is 43.2 Å². The molecule has 0 fully saturated rings. The fourth-order valence-corrected chi connectivity index (χ4v) is 12.3. The van der Waals surface area contributed by atoms with Gasteiger partial charge in [-0.1, -0.05) is 284 Å². The maximum Gasteiger partial charge on any atom is 0.472 e. The molecule has 0 radical (unpaired) electrons. The summed E-state index contributed by atoms with van der Waals surface area (Å²) in [4.78, 5) is 73.1. The molecule has 0 spiro atoms. The number of phosphoric ester groups is 2. The van der Waals surface area contributed by atoms with Crippen LogP contribution in [-0.4, -0.2) is 96.7 Å². The van der Waals surface area contributed by atoms with Crippen LogP contribution in [0, 0.1) is 0 Å². The molecule has 0 heterocycles. The Hall–Kier alpha value is -4.54. The van der Waals surface area contributed by atoms with E-state index in [0.717, 1.165) is 225 Å². The average Bonchev–Trinajstić information content (AvgIpc) is 0.930. The summed E-state index contributed by atoms with van der Waals surface area (Å²) < 4.78 is 68.6. The summed E-state index contributed by atoms with van der Waals surface area (Å²) in [6.45, 7) is 4.57. The topological polar surface area (TPSA) is 237 Å². The molecular weight excluding hydrogens is 1350 g/mol. The predicted octanol–water partition coefficient (Wildman–Crippen LogP) is 23.9. The summed E-state index contributed by atoms with van der Waals surface area (Å²) >= 11 is 0. The van der Waals surface area contributed by atoms with Crippen molar-refractivity contribution >= 4 is 39.5 Å². The second-order valence-electron chi connectivity index (χ2n) is 26.9. The molecule has 17 nitrogen and oxygen atoms in total. The first-order chi connectivity index (χ1) is 50.7. The molecule has 0 aliphatic rings. The number of esters is 4. The summed E-state index contributed by atoms with van der Waals surface area (Å²) in [7, 11) is -9.97. The van der Waals surface area contributed by atoms with E-state index in [1.54, 1.807) is 0 Å². The summed E-state index contributed by atoms with van der Waals surface area (Å²) in [5, 5.41) is 10.6. The largest absolute Gasteiger partial charge is 0.472 e. The molecule has 0 saturated carbocycles. The van der Waals surface area contributed by atoms with Crippen LogP contribution in [0.1, 0.15) is 336 Å². The summed E-state index contributed by atoms with van der Waals surface area (Å²) in [6, 6.07) is 0. The molecule has 0 aliphatic heterocycles. The maximum atomic E-state index is 13.1. The monoisotopic (exact) mass is 1500 g/mol. The van der Waals surface area contributed by atoms with Gasteiger partial charge in [-0.15, -0.1) is 0 Å². The molecule has 5 atom stereocenters. The number of carbonyl (C=O) groups excluding carboxylic acids is 4. The molecule has 19 heteroatoms. The zero-order valence-electron chi connectivity index (χ0n) is 65.4. The Morgan fingerprint density at radius 3 is 0.808 bits per heavy atom. The van der Waals surface area contributed by atoms with Crippen LogP contribution < -0.4 is 0 Å². The first-order valence-corrected chi connectivity index (χ1v) is 43.8. The first-order valence-electron chi connectivity index (χ1n) is 40.8. The van der Waals surface area contributed by atoms with Gasteiger partial charge in [-0.05, 0) is 148 Å². The molecule has 3 N–H and O–H groups in total. The van der Waals surface area contributed by atoms with Gasteiger partial charge < -0.3 is 33.8 Å². The fraction of sp³-hybridized carbons (Fsp3) is 0.718. The van der Waals surface area contributed by atoms with Gasteiger partial charge in [-0.2, -0.15) is 0 Å². The molecule has 0 aromatic rings. The Kier molecular flexibility index (Phi) is 73.3. The van der Waals surface area contributed by atoms with Crippen molar-refractivity contribution in [2.75, 3.05) is 39.6 Å². The van der Waals surface area contributed by atoms with E-state index in [0.29, 0.717) is 25.7 Å². The van der Waals surface area contributed by atoms with Crippen molar-refractivity contribution < 1.29 is 80.2 Å². The molecule has 0 rings (SSSR count). The van der Waals surface area contributed by atoms with E-state index in [2.05, 4.69) is 149 Å². The van der Waals surface area contributed by atoms with Gasteiger partial charge in [0.05, 0.1) is 26.4 Å². The van der Waals surface area contributed by atoms with Crippen LogP contribution in [0.15, 0.2) is 122 Å². The van der Waals surface area contributed by atoms with Gasteiger partial charge in [-0.25, -0.2) is 9.13 Å². The van der Waals surface area contributed by atoms with E-state index in [4.69, 9.17) is 37.0 Å². The van der Waals surface area contributed by atoms with E-state index in [1.807, 2.05) is 0 Å². The summed E-state index contributed by atoms with van der Waals surface area (Å²) in [5.74, 6) is -2.21. The normalized spacial score (nSPS) is 14.5. The lowest BCUT2D eigenvalue weighted by Crippen LogP contribution is -2.30. The van der Waals surface area contributed by atoms with Crippen LogP contribution in [0.4, 0.5) is 0 Å². The number of aliphatic hydroxyl groups is 1. The Balaban J connectivity index is 5.34. The van der Waals surface area contributed by atoms with Crippen LogP contribution in [-0.2, 0) is 65.4 Å². The lowest BCUT2D eigenvalue weighted by atomic mass is 10.1. The molecule has 0 saturated heterocycles. The molecule has 0 aliphatic carbocycles. The van der Waals surface area contributed by atoms with E-state index in [-0.39, 0.29) is 25.7 Å². The van der Waals surface area contributed by atoms with Crippen molar-refractivity contribution in [1.82, 2.24) is 0 Å². The van der Waals surface area contributed by atoms with Crippen LogP contribution in [0.5, 0.6) is 0 Å². The van der Waals surface area contributed by atoms with Gasteiger partial charge in [0.15, 0.2) is 12.2 Å². The quantitative estimate of drug-likeness (QED) is 0.0169. The third-order valence-electron chi connectivity index (χ3n) is 16.9. The van der Waals surface area contributed by atoms with Crippen molar-refractivity contribution in [3.8, 4) is 0 Å². The number of hydrogen-bond donors (Lipinski definition) is 3. The number of ether oxygens (including phenoxy) is 4. The Bertz CT molecular complexity index is 2440. The average molecular weight is 1500 g/mol.